The Morgan fingerprint density at radius 1 is 1.32 bits per heavy atom. The van der Waals surface area contributed by atoms with Crippen LogP contribution in [0.4, 0.5) is 4.79 Å². The van der Waals surface area contributed by atoms with Gasteiger partial charge in [0.05, 0.1) is 11.7 Å². The van der Waals surface area contributed by atoms with E-state index in [-0.39, 0.29) is 12.1 Å². The highest BCUT2D eigenvalue weighted by Crippen LogP contribution is 2.32. The monoisotopic (exact) mass is 302 g/mol. The molecule has 0 aromatic carbocycles. The molecule has 0 aliphatic carbocycles. The summed E-state index contributed by atoms with van der Waals surface area (Å²) in [5.74, 6) is 0. The molecule has 1 aromatic heterocycles. The molecule has 0 spiro atoms. The molecule has 0 bridgehead atoms. The summed E-state index contributed by atoms with van der Waals surface area (Å²) in [7, 11) is 0. The minimum atomic E-state index is 0.0954. The minimum Gasteiger partial charge on any atom is -0.336 e. The number of carbonyl (C=O) groups is 1. The molecule has 3 heterocycles. The van der Waals surface area contributed by atoms with Crippen molar-refractivity contribution in [3.8, 4) is 0 Å². The van der Waals surface area contributed by atoms with Gasteiger partial charge in [0.1, 0.15) is 0 Å². The van der Waals surface area contributed by atoms with Crippen LogP contribution in [0.3, 0.4) is 0 Å². The zero-order valence-electron chi connectivity index (χ0n) is 13.7. The van der Waals surface area contributed by atoms with Gasteiger partial charge in [-0.15, -0.1) is 0 Å². The molecule has 2 aliphatic heterocycles. The van der Waals surface area contributed by atoms with Crippen LogP contribution in [-0.2, 0) is 6.54 Å². The van der Waals surface area contributed by atoms with Crippen molar-refractivity contribution in [3.05, 3.63) is 29.6 Å². The predicted octanol–water partition coefficient (Wildman–Crippen LogP) is 2.16. The van der Waals surface area contributed by atoms with E-state index in [0.717, 1.165) is 43.9 Å². The summed E-state index contributed by atoms with van der Waals surface area (Å²) in [5, 5.41) is 3.03. The average molecular weight is 302 g/mol. The number of carbonyl (C=O) groups excluding carboxylic acids is 1. The Labute approximate surface area is 132 Å². The van der Waals surface area contributed by atoms with Gasteiger partial charge in [0, 0.05) is 37.4 Å². The number of rotatable bonds is 3. The lowest BCUT2D eigenvalue weighted by Crippen LogP contribution is -2.46. The van der Waals surface area contributed by atoms with Crippen molar-refractivity contribution < 1.29 is 4.79 Å². The Morgan fingerprint density at radius 2 is 2.09 bits per heavy atom. The third-order valence-corrected chi connectivity index (χ3v) is 4.68. The van der Waals surface area contributed by atoms with Gasteiger partial charge in [-0.05, 0) is 45.7 Å². The van der Waals surface area contributed by atoms with E-state index in [0.29, 0.717) is 12.1 Å². The fourth-order valence-corrected chi connectivity index (χ4v) is 3.75. The summed E-state index contributed by atoms with van der Waals surface area (Å²) in [6.07, 6.45) is 2.14. The number of aryl methyl sites for hydroxylation is 1. The molecular weight excluding hydrogens is 276 g/mol. The fourth-order valence-electron chi connectivity index (χ4n) is 3.75. The lowest BCUT2D eigenvalue weighted by Gasteiger charge is -2.26. The van der Waals surface area contributed by atoms with Crippen LogP contribution in [0.15, 0.2) is 18.2 Å². The number of urea groups is 1. The molecule has 5 heteroatoms. The molecule has 2 amide bonds. The van der Waals surface area contributed by atoms with Gasteiger partial charge in [-0.1, -0.05) is 6.07 Å². The number of likely N-dealkylation sites (tertiary alicyclic amines) is 2. The van der Waals surface area contributed by atoms with Crippen molar-refractivity contribution in [1.82, 2.24) is 20.1 Å². The quantitative estimate of drug-likeness (QED) is 0.931. The highest BCUT2D eigenvalue weighted by molar-refractivity contribution is 5.75. The molecule has 2 atom stereocenters. The first kappa shape index (κ1) is 15.3. The molecule has 120 valence electrons. The number of aromatic nitrogens is 1. The molecule has 22 heavy (non-hydrogen) atoms. The van der Waals surface area contributed by atoms with Crippen molar-refractivity contribution >= 4 is 6.03 Å². The van der Waals surface area contributed by atoms with E-state index in [1.54, 1.807) is 0 Å². The third kappa shape index (κ3) is 3.09. The molecule has 0 saturated carbocycles. The van der Waals surface area contributed by atoms with Gasteiger partial charge in [0.25, 0.3) is 0 Å². The summed E-state index contributed by atoms with van der Waals surface area (Å²) < 4.78 is 0. The summed E-state index contributed by atoms with van der Waals surface area (Å²) in [6, 6.07) is 7.34. The van der Waals surface area contributed by atoms with Crippen LogP contribution in [0.1, 0.15) is 38.1 Å². The van der Waals surface area contributed by atoms with Gasteiger partial charge >= 0.3 is 6.03 Å². The van der Waals surface area contributed by atoms with Crippen LogP contribution in [0.2, 0.25) is 0 Å². The van der Waals surface area contributed by atoms with Gasteiger partial charge in [0.2, 0.25) is 0 Å². The van der Waals surface area contributed by atoms with Crippen molar-refractivity contribution in [3.63, 3.8) is 0 Å². The first-order chi connectivity index (χ1) is 10.5. The zero-order valence-corrected chi connectivity index (χ0v) is 13.7. The standard InChI is InChI=1S/C17H26N4O/c1-12(2)18-17(22)21-10-8-15-16(21)7-9-20(15)11-14-6-4-5-13(3)19-14/h4-6,12,15-16H,7-11H2,1-3H3,(H,18,22)/t15-,16+/m0/s1. The maximum atomic E-state index is 12.3. The maximum absolute atomic E-state index is 12.3. The summed E-state index contributed by atoms with van der Waals surface area (Å²) >= 11 is 0. The van der Waals surface area contributed by atoms with Crippen molar-refractivity contribution in [2.75, 3.05) is 13.1 Å². The Hall–Kier alpha value is -1.62. The number of nitrogens with one attached hydrogen (secondary N) is 1. The van der Waals surface area contributed by atoms with E-state index in [2.05, 4.69) is 27.3 Å². The number of fused-ring (bicyclic) bond motifs is 1. The van der Waals surface area contributed by atoms with Gasteiger partial charge in [0.15, 0.2) is 0 Å². The number of hydrogen-bond donors (Lipinski definition) is 1. The molecule has 5 nitrogen and oxygen atoms in total. The van der Waals surface area contributed by atoms with Gasteiger partial charge < -0.3 is 10.2 Å². The highest BCUT2D eigenvalue weighted by atomic mass is 16.2. The number of pyridine rings is 1. The summed E-state index contributed by atoms with van der Waals surface area (Å²) in [6.45, 7) is 8.86. The van der Waals surface area contributed by atoms with Crippen molar-refractivity contribution in [2.24, 2.45) is 0 Å². The maximum Gasteiger partial charge on any atom is 0.317 e. The molecule has 2 aliphatic rings. The summed E-state index contributed by atoms with van der Waals surface area (Å²) in [4.78, 5) is 21.4. The van der Waals surface area contributed by atoms with Crippen LogP contribution in [0, 0.1) is 6.92 Å². The average Bonchev–Trinajstić information content (AvgIpc) is 3.01. The molecule has 1 N–H and O–H groups in total. The molecule has 0 unspecified atom stereocenters. The van der Waals surface area contributed by atoms with E-state index in [9.17, 15) is 4.79 Å². The van der Waals surface area contributed by atoms with Gasteiger partial charge in [-0.3, -0.25) is 9.88 Å². The van der Waals surface area contributed by atoms with E-state index in [4.69, 9.17) is 0 Å². The Balaban J connectivity index is 1.64. The van der Waals surface area contributed by atoms with Crippen LogP contribution < -0.4 is 5.32 Å². The van der Waals surface area contributed by atoms with Crippen LogP contribution in [0.5, 0.6) is 0 Å². The van der Waals surface area contributed by atoms with Gasteiger partial charge in [-0.25, -0.2) is 4.79 Å². The minimum absolute atomic E-state index is 0.0954. The Bertz CT molecular complexity index is 545. The number of hydrogen-bond acceptors (Lipinski definition) is 3. The van der Waals surface area contributed by atoms with Crippen LogP contribution in [0.25, 0.3) is 0 Å². The second-order valence-electron chi connectivity index (χ2n) is 6.75. The molecule has 2 fully saturated rings. The van der Waals surface area contributed by atoms with E-state index >= 15 is 0 Å². The normalized spacial score (nSPS) is 24.8. The van der Waals surface area contributed by atoms with E-state index in [1.165, 1.54) is 0 Å². The predicted molar refractivity (Wildman–Crippen MR) is 86.6 cm³/mol. The lowest BCUT2D eigenvalue weighted by molar-refractivity contribution is 0.185. The largest absolute Gasteiger partial charge is 0.336 e. The van der Waals surface area contributed by atoms with E-state index < -0.39 is 0 Å². The Kier molecular flexibility index (Phi) is 4.34. The molecule has 1 aromatic rings. The van der Waals surface area contributed by atoms with E-state index in [1.807, 2.05) is 31.7 Å². The van der Waals surface area contributed by atoms with Crippen LogP contribution in [-0.4, -0.2) is 52.0 Å². The molecule has 0 radical (unpaired) electrons. The Morgan fingerprint density at radius 3 is 2.82 bits per heavy atom. The molecular formula is C17H26N4O. The lowest BCUT2D eigenvalue weighted by atomic mass is 10.1. The van der Waals surface area contributed by atoms with Crippen LogP contribution >= 0.6 is 0 Å². The number of nitrogens with zero attached hydrogens (tertiary/aromatic N) is 3. The zero-order chi connectivity index (χ0) is 15.7. The number of amides is 2. The molecule has 3 rings (SSSR count). The van der Waals surface area contributed by atoms with Crippen molar-refractivity contribution in [1.29, 1.82) is 0 Å². The second-order valence-corrected chi connectivity index (χ2v) is 6.75. The first-order valence-electron chi connectivity index (χ1n) is 8.28. The fraction of sp³-hybridized carbons (Fsp3) is 0.647. The SMILES string of the molecule is Cc1cccc(CN2CC[C@@H]3[C@@H]2CCN3C(=O)NC(C)C)n1. The topological polar surface area (TPSA) is 48.5 Å². The second kappa shape index (κ2) is 6.24. The van der Waals surface area contributed by atoms with Gasteiger partial charge in [-0.2, -0.15) is 0 Å². The highest BCUT2D eigenvalue weighted by Gasteiger charge is 2.44. The smallest absolute Gasteiger partial charge is 0.317 e. The third-order valence-electron chi connectivity index (χ3n) is 4.68. The summed E-state index contributed by atoms with van der Waals surface area (Å²) in [5.41, 5.74) is 2.20. The van der Waals surface area contributed by atoms with Crippen molar-refractivity contribution in [2.45, 2.75) is 58.3 Å². The first-order valence-corrected chi connectivity index (χ1v) is 8.28. The molecule has 2 saturated heterocycles.